The van der Waals surface area contributed by atoms with E-state index >= 15 is 0 Å². The third-order valence-corrected chi connectivity index (χ3v) is 4.75. The number of aromatic nitrogens is 3. The molecule has 0 atom stereocenters. The second kappa shape index (κ2) is 6.07. The normalized spacial score (nSPS) is 10.9. The first-order valence-corrected chi connectivity index (χ1v) is 8.37. The number of carbonyl (C=O) groups excluding carboxylic acids is 1. The van der Waals surface area contributed by atoms with Gasteiger partial charge in [-0.25, -0.2) is 9.50 Å². The second-order valence-corrected chi connectivity index (χ2v) is 6.65. The van der Waals surface area contributed by atoms with E-state index in [1.165, 1.54) is 0 Å². The number of amides is 1. The fourth-order valence-electron chi connectivity index (χ4n) is 2.39. The number of pyridine rings is 1. The number of thiazole rings is 1. The Bertz CT molecular complexity index is 1030. The Morgan fingerprint density at radius 1 is 1.12 bits per heavy atom. The van der Waals surface area contributed by atoms with Gasteiger partial charge in [-0.05, 0) is 24.3 Å². The quantitative estimate of drug-likeness (QED) is 0.594. The summed E-state index contributed by atoms with van der Waals surface area (Å²) in [5.41, 5.74) is 2.97. The van der Waals surface area contributed by atoms with E-state index in [9.17, 15) is 4.79 Å². The average Bonchev–Trinajstić information content (AvgIpc) is 3.19. The molecule has 3 heterocycles. The molecular formula is C17H11ClN4OS. The molecule has 0 radical (unpaired) electrons. The number of fused-ring (bicyclic) bond motifs is 1. The maximum Gasteiger partial charge on any atom is 0.284 e. The fourth-order valence-corrected chi connectivity index (χ4v) is 3.45. The minimum atomic E-state index is -0.282. The van der Waals surface area contributed by atoms with Gasteiger partial charge in [0.25, 0.3) is 5.91 Å². The maximum atomic E-state index is 12.4. The SMILES string of the molecule is O=C(Nc1ccccc1)c1nc(-c2cnn3ccccc23)c(Cl)s1. The topological polar surface area (TPSA) is 59.3 Å². The largest absolute Gasteiger partial charge is 0.320 e. The van der Waals surface area contributed by atoms with Crippen LogP contribution in [0.25, 0.3) is 16.8 Å². The molecule has 5 nitrogen and oxygen atoms in total. The highest BCUT2D eigenvalue weighted by atomic mass is 35.5. The average molecular weight is 355 g/mol. The Morgan fingerprint density at radius 3 is 2.75 bits per heavy atom. The number of hydrogen-bond acceptors (Lipinski definition) is 4. The van der Waals surface area contributed by atoms with Crippen molar-refractivity contribution in [2.45, 2.75) is 0 Å². The van der Waals surface area contributed by atoms with E-state index in [4.69, 9.17) is 11.6 Å². The van der Waals surface area contributed by atoms with Crippen LogP contribution in [0.15, 0.2) is 60.9 Å². The Labute approximate surface area is 146 Å². The van der Waals surface area contributed by atoms with Gasteiger partial charge in [0.1, 0.15) is 10.0 Å². The van der Waals surface area contributed by atoms with E-state index in [2.05, 4.69) is 15.4 Å². The smallest absolute Gasteiger partial charge is 0.284 e. The number of nitrogens with zero attached hydrogens (tertiary/aromatic N) is 3. The number of carbonyl (C=O) groups is 1. The highest BCUT2D eigenvalue weighted by Crippen LogP contribution is 2.35. The summed E-state index contributed by atoms with van der Waals surface area (Å²) in [7, 11) is 0. The molecule has 1 N–H and O–H groups in total. The zero-order valence-electron chi connectivity index (χ0n) is 12.3. The first-order valence-electron chi connectivity index (χ1n) is 7.18. The van der Waals surface area contributed by atoms with Gasteiger partial charge in [0, 0.05) is 17.4 Å². The van der Waals surface area contributed by atoms with E-state index in [1.54, 1.807) is 10.7 Å². The summed E-state index contributed by atoms with van der Waals surface area (Å²) in [6.07, 6.45) is 3.55. The minimum Gasteiger partial charge on any atom is -0.320 e. The van der Waals surface area contributed by atoms with Crippen LogP contribution in [0.4, 0.5) is 5.69 Å². The van der Waals surface area contributed by atoms with Crippen LogP contribution in [-0.4, -0.2) is 20.5 Å². The van der Waals surface area contributed by atoms with E-state index in [0.717, 1.165) is 22.4 Å². The molecule has 0 spiro atoms. The molecule has 0 fully saturated rings. The van der Waals surface area contributed by atoms with Crippen LogP contribution in [0.1, 0.15) is 9.80 Å². The molecule has 1 aromatic carbocycles. The lowest BCUT2D eigenvalue weighted by atomic mass is 10.2. The number of rotatable bonds is 3. The molecule has 0 saturated carbocycles. The van der Waals surface area contributed by atoms with Gasteiger partial charge < -0.3 is 5.32 Å². The standard InChI is InChI=1S/C17H11ClN4OS/c18-15-14(12-10-19-22-9-5-4-8-13(12)22)21-17(24-15)16(23)20-11-6-2-1-3-7-11/h1-10H,(H,20,23). The second-order valence-electron chi connectivity index (χ2n) is 5.05. The molecule has 0 aliphatic rings. The van der Waals surface area contributed by atoms with Crippen molar-refractivity contribution in [3.05, 3.63) is 70.3 Å². The summed E-state index contributed by atoms with van der Waals surface area (Å²) >= 11 is 7.48. The van der Waals surface area contributed by atoms with E-state index in [-0.39, 0.29) is 5.91 Å². The molecule has 118 valence electrons. The summed E-state index contributed by atoms with van der Waals surface area (Å²) in [4.78, 5) is 16.8. The number of para-hydroxylation sites is 1. The van der Waals surface area contributed by atoms with Crippen molar-refractivity contribution >= 4 is 40.0 Å². The predicted molar refractivity (Wildman–Crippen MR) is 95.7 cm³/mol. The molecule has 4 aromatic rings. The lowest BCUT2D eigenvalue weighted by Crippen LogP contribution is -2.11. The first kappa shape index (κ1) is 14.9. The molecule has 0 saturated heterocycles. The summed E-state index contributed by atoms with van der Waals surface area (Å²) < 4.78 is 2.21. The number of nitrogens with one attached hydrogen (secondary N) is 1. The summed E-state index contributed by atoms with van der Waals surface area (Å²) in [5, 5.41) is 7.40. The molecular weight excluding hydrogens is 344 g/mol. The number of anilines is 1. The van der Waals surface area contributed by atoms with Crippen LogP contribution in [0.3, 0.4) is 0 Å². The van der Waals surface area contributed by atoms with Gasteiger partial charge in [-0.15, -0.1) is 0 Å². The van der Waals surface area contributed by atoms with Gasteiger partial charge in [0.15, 0.2) is 5.01 Å². The van der Waals surface area contributed by atoms with Gasteiger partial charge in [0.05, 0.1) is 11.7 Å². The molecule has 0 bridgehead atoms. The third-order valence-electron chi connectivity index (χ3n) is 3.49. The molecule has 7 heteroatoms. The van der Waals surface area contributed by atoms with E-state index in [1.807, 2.05) is 54.7 Å². The summed E-state index contributed by atoms with van der Waals surface area (Å²) in [6.45, 7) is 0. The number of hydrogen-bond donors (Lipinski definition) is 1. The van der Waals surface area contributed by atoms with Crippen LogP contribution >= 0.6 is 22.9 Å². The van der Waals surface area contributed by atoms with Gasteiger partial charge in [-0.2, -0.15) is 5.10 Å². The van der Waals surface area contributed by atoms with Crippen LogP contribution in [0.5, 0.6) is 0 Å². The number of benzene rings is 1. The summed E-state index contributed by atoms with van der Waals surface area (Å²) in [6, 6.07) is 15.0. The molecule has 4 rings (SSSR count). The zero-order valence-corrected chi connectivity index (χ0v) is 13.9. The number of halogens is 1. The molecule has 24 heavy (non-hydrogen) atoms. The van der Waals surface area contributed by atoms with Crippen molar-refractivity contribution in [2.24, 2.45) is 0 Å². The first-order chi connectivity index (χ1) is 11.7. The molecule has 3 aromatic heterocycles. The van der Waals surface area contributed by atoms with Crippen LogP contribution in [-0.2, 0) is 0 Å². The third kappa shape index (κ3) is 2.66. The fraction of sp³-hybridized carbons (Fsp3) is 0. The van der Waals surface area contributed by atoms with Crippen LogP contribution < -0.4 is 5.32 Å². The van der Waals surface area contributed by atoms with Gasteiger partial charge in [0.2, 0.25) is 0 Å². The maximum absolute atomic E-state index is 12.4. The minimum absolute atomic E-state index is 0.282. The Kier molecular flexibility index (Phi) is 3.76. The van der Waals surface area contributed by atoms with Crippen LogP contribution in [0.2, 0.25) is 4.34 Å². The van der Waals surface area contributed by atoms with Crippen molar-refractivity contribution in [3.8, 4) is 11.3 Å². The Hall–Kier alpha value is -2.70. The van der Waals surface area contributed by atoms with E-state index < -0.39 is 0 Å². The zero-order chi connectivity index (χ0) is 16.5. The molecule has 0 aliphatic carbocycles. The van der Waals surface area contributed by atoms with Crippen molar-refractivity contribution in [1.82, 2.24) is 14.6 Å². The van der Waals surface area contributed by atoms with Crippen LogP contribution in [0, 0.1) is 0 Å². The molecule has 1 amide bonds. The van der Waals surface area contributed by atoms with Gasteiger partial charge in [-0.1, -0.05) is 47.2 Å². The Balaban J connectivity index is 1.69. The van der Waals surface area contributed by atoms with Gasteiger partial charge in [-0.3, -0.25) is 4.79 Å². The lowest BCUT2D eigenvalue weighted by Gasteiger charge is -2.01. The van der Waals surface area contributed by atoms with Crippen molar-refractivity contribution in [2.75, 3.05) is 5.32 Å². The van der Waals surface area contributed by atoms with Crippen molar-refractivity contribution in [1.29, 1.82) is 0 Å². The van der Waals surface area contributed by atoms with Gasteiger partial charge >= 0.3 is 0 Å². The van der Waals surface area contributed by atoms with E-state index in [0.29, 0.717) is 20.7 Å². The predicted octanol–water partition coefficient (Wildman–Crippen LogP) is 4.36. The molecule has 0 unspecified atom stereocenters. The molecule has 0 aliphatic heterocycles. The lowest BCUT2D eigenvalue weighted by molar-refractivity contribution is 0.102. The van der Waals surface area contributed by atoms with Crippen molar-refractivity contribution < 1.29 is 4.79 Å². The van der Waals surface area contributed by atoms with Crippen molar-refractivity contribution in [3.63, 3.8) is 0 Å². The summed E-state index contributed by atoms with van der Waals surface area (Å²) in [5.74, 6) is -0.282. The monoisotopic (exact) mass is 354 g/mol. The Morgan fingerprint density at radius 2 is 1.92 bits per heavy atom. The highest BCUT2D eigenvalue weighted by Gasteiger charge is 2.19. The highest BCUT2D eigenvalue weighted by molar-refractivity contribution is 7.18.